The van der Waals surface area contributed by atoms with E-state index in [1.165, 1.54) is 0 Å². The third-order valence-corrected chi connectivity index (χ3v) is 2.75. The van der Waals surface area contributed by atoms with Gasteiger partial charge in [-0.15, -0.1) is 0 Å². The van der Waals surface area contributed by atoms with Crippen molar-refractivity contribution >= 4 is 23.7 Å². The molecule has 0 fully saturated rings. The van der Waals surface area contributed by atoms with Gasteiger partial charge in [0.15, 0.2) is 17.5 Å². The number of hydrogen-bond donors (Lipinski definition) is 1. The first-order valence-electron chi connectivity index (χ1n) is 8.18. The summed E-state index contributed by atoms with van der Waals surface area (Å²) in [7, 11) is 7.16. The summed E-state index contributed by atoms with van der Waals surface area (Å²) in [5, 5.41) is 10.5. The van der Waals surface area contributed by atoms with Gasteiger partial charge in [-0.25, -0.2) is 19.6 Å². The minimum absolute atomic E-state index is 0. The van der Waals surface area contributed by atoms with Crippen LogP contribution in [0.2, 0.25) is 0 Å². The van der Waals surface area contributed by atoms with E-state index >= 15 is 0 Å². The maximum absolute atomic E-state index is 11.1. The van der Waals surface area contributed by atoms with Crippen LogP contribution in [-0.4, -0.2) is 70.2 Å². The number of esters is 2. The molecule has 1 N–H and O–H groups in total. The second-order valence-corrected chi connectivity index (χ2v) is 5.27. The van der Waals surface area contributed by atoms with E-state index in [0.29, 0.717) is 29.9 Å². The fraction of sp³-hybridized carbons (Fsp3) is 0.600. The number of allylic oxidation sites excluding steroid dienone is 1. The summed E-state index contributed by atoms with van der Waals surface area (Å²) in [5.74, 6) is 0.0571. The van der Waals surface area contributed by atoms with Crippen LogP contribution in [0.15, 0.2) is 33.7 Å². The summed E-state index contributed by atoms with van der Waals surface area (Å²) < 4.78 is 9.35. The monoisotopic (exact) mass is 606 g/mol. The molecule has 0 aromatic heterocycles. The molecule has 0 amide bonds. The molecule has 0 saturated carbocycles. The summed E-state index contributed by atoms with van der Waals surface area (Å²) in [6.07, 6.45) is 3.24. The van der Waals surface area contributed by atoms with Gasteiger partial charge in [0.1, 0.15) is 5.70 Å². The van der Waals surface area contributed by atoms with Gasteiger partial charge in [-0.05, 0) is 14.0 Å². The molecular formula is C20H40N6O4Y2-2. The Morgan fingerprint density at radius 1 is 0.938 bits per heavy atom. The Balaban J connectivity index is -0.0000000795. The molecule has 10 nitrogen and oxygen atoms in total. The first kappa shape index (κ1) is 45.2. The van der Waals surface area contributed by atoms with Crippen LogP contribution in [0.25, 0.3) is 10.6 Å². The molecule has 0 aliphatic carbocycles. The molecule has 182 valence electrons. The SMILES string of the molecule is C.C.C.CC=C1N=C(C)OC1=O.C[N-]CN(C)C=C1N=C(C)OC1=O.C[N-]CNC.[Y].[Y]. The van der Waals surface area contributed by atoms with Crippen LogP contribution in [0.1, 0.15) is 43.1 Å². The maximum atomic E-state index is 11.1. The van der Waals surface area contributed by atoms with Gasteiger partial charge >= 0.3 is 11.9 Å². The summed E-state index contributed by atoms with van der Waals surface area (Å²) in [6.45, 7) is 6.33. The van der Waals surface area contributed by atoms with Crippen LogP contribution in [0.5, 0.6) is 0 Å². The average Bonchev–Trinajstić information content (AvgIpc) is 3.09. The molecule has 0 saturated heterocycles. The molecule has 0 atom stereocenters. The van der Waals surface area contributed by atoms with Crippen LogP contribution in [-0.2, 0) is 84.5 Å². The van der Waals surface area contributed by atoms with Crippen molar-refractivity contribution in [1.82, 2.24) is 10.2 Å². The molecule has 2 rings (SSSR count). The molecule has 2 radical (unpaired) electrons. The van der Waals surface area contributed by atoms with Crippen LogP contribution in [0.3, 0.4) is 0 Å². The van der Waals surface area contributed by atoms with Gasteiger partial charge in [0.25, 0.3) is 0 Å². The Morgan fingerprint density at radius 3 is 1.59 bits per heavy atom. The van der Waals surface area contributed by atoms with E-state index in [4.69, 9.17) is 4.74 Å². The molecule has 0 aromatic rings. The summed E-state index contributed by atoms with van der Waals surface area (Å²) in [5.41, 5.74) is 0.719. The Morgan fingerprint density at radius 2 is 1.38 bits per heavy atom. The molecule has 0 unspecified atom stereocenters. The second kappa shape index (κ2) is 26.9. The number of aliphatic imine (C=N–C) groups is 2. The largest absolute Gasteiger partial charge is 0.653 e. The standard InChI is InChI=1S/C8H12N3O2.C6H7NO2.C3H9N2.3CH4.2Y/c1-6-10-7(8(12)13-6)4-11(3)5-9-2;1-3-5-6(8)9-4(2)7-5;1-4-3-5-2;;;;;/h4H,5H2,1-3H3;3H,1-2H3;4H,3H2,1-2H3;3*1H4;;/q-1;;-1;;;;;. The fourth-order valence-electron chi connectivity index (χ4n) is 1.74. The van der Waals surface area contributed by atoms with Crippen LogP contribution in [0, 0.1) is 0 Å². The predicted molar refractivity (Wildman–Crippen MR) is 126 cm³/mol. The molecular weight excluding hydrogens is 566 g/mol. The number of nitrogens with zero attached hydrogens (tertiary/aromatic N) is 5. The number of rotatable bonds is 5. The van der Waals surface area contributed by atoms with Gasteiger partial charge in [0.05, 0.1) is 0 Å². The third-order valence-electron chi connectivity index (χ3n) is 2.75. The smallest absolute Gasteiger partial charge is 0.365 e. The zero-order chi connectivity index (χ0) is 20.8. The topological polar surface area (TPSA) is 121 Å². The van der Waals surface area contributed by atoms with Gasteiger partial charge < -0.3 is 30.3 Å². The number of cyclic esters (lactones) is 2. The van der Waals surface area contributed by atoms with Crippen LogP contribution >= 0.6 is 0 Å². The average molecular weight is 606 g/mol. The van der Waals surface area contributed by atoms with Gasteiger partial charge in [-0.2, -0.15) is 14.1 Å². The molecule has 2 heterocycles. The van der Waals surface area contributed by atoms with Crippen molar-refractivity contribution < 1.29 is 84.5 Å². The van der Waals surface area contributed by atoms with Gasteiger partial charge in [0, 0.05) is 92.5 Å². The molecule has 2 aliphatic rings. The van der Waals surface area contributed by atoms with Crippen molar-refractivity contribution in [1.29, 1.82) is 0 Å². The van der Waals surface area contributed by atoms with Gasteiger partial charge in [0.2, 0.25) is 0 Å². The number of ether oxygens (including phenoxy) is 2. The Hall–Kier alpha value is -0.352. The quantitative estimate of drug-likeness (QED) is 0.377. The molecule has 0 bridgehead atoms. The van der Waals surface area contributed by atoms with E-state index in [1.807, 2.05) is 14.1 Å². The van der Waals surface area contributed by atoms with Crippen LogP contribution < -0.4 is 5.32 Å². The summed E-state index contributed by atoms with van der Waals surface area (Å²) in [6, 6.07) is 0. The van der Waals surface area contributed by atoms with Crippen LogP contribution in [0.4, 0.5) is 0 Å². The molecule has 0 spiro atoms. The van der Waals surface area contributed by atoms with E-state index in [2.05, 4.69) is 30.7 Å². The van der Waals surface area contributed by atoms with Crippen molar-refractivity contribution in [3.05, 3.63) is 34.3 Å². The number of carbonyl (C=O) groups excluding carboxylic acids is 2. The predicted octanol–water partition coefficient (Wildman–Crippen LogP) is 3.63. The van der Waals surface area contributed by atoms with E-state index in [-0.39, 0.29) is 93.7 Å². The second-order valence-electron chi connectivity index (χ2n) is 5.27. The van der Waals surface area contributed by atoms with Gasteiger partial charge in [-0.1, -0.05) is 41.7 Å². The third kappa shape index (κ3) is 20.3. The van der Waals surface area contributed by atoms with E-state index in [9.17, 15) is 9.59 Å². The Kier molecular flexibility index (Phi) is 38.0. The van der Waals surface area contributed by atoms with E-state index in [0.717, 1.165) is 6.67 Å². The zero-order valence-corrected chi connectivity index (χ0v) is 23.8. The van der Waals surface area contributed by atoms with Crippen molar-refractivity contribution in [2.45, 2.75) is 43.1 Å². The van der Waals surface area contributed by atoms with Crippen molar-refractivity contribution in [2.24, 2.45) is 9.98 Å². The number of hydrogen-bond acceptors (Lipinski definition) is 8. The van der Waals surface area contributed by atoms with Crippen molar-refractivity contribution in [3.63, 3.8) is 0 Å². The molecule has 0 aromatic carbocycles. The van der Waals surface area contributed by atoms with Gasteiger partial charge in [-0.3, -0.25) is 0 Å². The molecule has 2 aliphatic heterocycles. The minimum Gasteiger partial charge on any atom is -0.653 e. The molecule has 32 heavy (non-hydrogen) atoms. The van der Waals surface area contributed by atoms with Crippen molar-refractivity contribution in [2.75, 3.05) is 41.5 Å². The summed E-state index contributed by atoms with van der Waals surface area (Å²) in [4.78, 5) is 31.1. The maximum Gasteiger partial charge on any atom is 0.365 e. The minimum atomic E-state index is -0.402. The zero-order valence-electron chi connectivity index (χ0n) is 18.1. The van der Waals surface area contributed by atoms with E-state index in [1.54, 1.807) is 52.0 Å². The molecule has 12 heteroatoms. The van der Waals surface area contributed by atoms with Crippen molar-refractivity contribution in [3.8, 4) is 0 Å². The summed E-state index contributed by atoms with van der Waals surface area (Å²) >= 11 is 0. The fourth-order valence-corrected chi connectivity index (χ4v) is 1.74. The number of nitrogens with one attached hydrogen (secondary N) is 1. The first-order valence-corrected chi connectivity index (χ1v) is 8.18. The Labute approximate surface area is 245 Å². The Bertz CT molecular complexity index is 636. The van der Waals surface area contributed by atoms with E-state index < -0.39 is 5.97 Å². The first-order chi connectivity index (χ1) is 12.8. The number of carbonyl (C=O) groups is 2. The normalized spacial score (nSPS) is 15.2.